The third kappa shape index (κ3) is 9.81. The summed E-state index contributed by atoms with van der Waals surface area (Å²) >= 11 is 0. The molecular weight excluding hydrogens is 692 g/mol. The van der Waals surface area contributed by atoms with Crippen molar-refractivity contribution in [1.82, 2.24) is 0 Å². The molecule has 3 saturated heterocycles. The van der Waals surface area contributed by atoms with Crippen LogP contribution in [0.25, 0.3) is 0 Å². The number of benzene rings is 4. The summed E-state index contributed by atoms with van der Waals surface area (Å²) in [4.78, 5) is 0. The third-order valence-corrected chi connectivity index (χ3v) is 9.74. The van der Waals surface area contributed by atoms with E-state index in [1.165, 1.54) is 0 Å². The molecule has 3 heterocycles. The van der Waals surface area contributed by atoms with E-state index in [1.54, 1.807) is 13.8 Å². The average molecular weight is 743 g/mol. The van der Waals surface area contributed by atoms with Crippen LogP contribution in [0.2, 0.25) is 0 Å². The Morgan fingerprint density at radius 3 is 1.50 bits per heavy atom. The maximum atomic E-state index is 11.6. The smallest absolute Gasteiger partial charge is 0.190 e. The highest BCUT2D eigenvalue weighted by Crippen LogP contribution is 2.39. The van der Waals surface area contributed by atoms with Gasteiger partial charge >= 0.3 is 0 Å². The first-order chi connectivity index (χ1) is 26.4. The van der Waals surface area contributed by atoms with Crippen LogP contribution in [0.4, 0.5) is 0 Å². The van der Waals surface area contributed by atoms with Crippen molar-refractivity contribution < 1.29 is 52.8 Å². The number of fused-ring (bicyclic) bond motifs is 1. The highest BCUT2D eigenvalue weighted by Gasteiger charge is 2.57. The molecule has 11 heteroatoms. The van der Waals surface area contributed by atoms with Crippen LogP contribution in [-0.2, 0) is 69.1 Å². The third-order valence-electron chi connectivity index (χ3n) is 9.74. The summed E-state index contributed by atoms with van der Waals surface area (Å²) in [7, 11) is 0. The van der Waals surface area contributed by atoms with Crippen LogP contribution < -0.4 is 0 Å². The van der Waals surface area contributed by atoms with Gasteiger partial charge in [-0.25, -0.2) is 0 Å². The first kappa shape index (κ1) is 38.7. The van der Waals surface area contributed by atoms with Crippen molar-refractivity contribution >= 4 is 0 Å². The van der Waals surface area contributed by atoms with E-state index >= 15 is 0 Å². The van der Waals surface area contributed by atoms with Gasteiger partial charge in [-0.1, -0.05) is 121 Å². The Hall–Kier alpha value is -3.56. The van der Waals surface area contributed by atoms with Gasteiger partial charge in [0, 0.05) is 0 Å². The van der Waals surface area contributed by atoms with Crippen LogP contribution in [0.1, 0.15) is 36.1 Å². The second kappa shape index (κ2) is 18.4. The molecule has 10 atom stereocenters. The molecule has 4 aromatic rings. The normalized spacial score (nSPS) is 30.5. The minimum atomic E-state index is -1.28. The Bertz CT molecular complexity index is 1680. The number of rotatable bonds is 16. The molecule has 0 amide bonds. The Balaban J connectivity index is 1.21. The van der Waals surface area contributed by atoms with Gasteiger partial charge in [0.25, 0.3) is 0 Å². The van der Waals surface area contributed by atoms with Crippen molar-refractivity contribution in [2.45, 2.75) is 107 Å². The molecule has 11 nitrogen and oxygen atoms in total. The maximum absolute atomic E-state index is 11.6. The van der Waals surface area contributed by atoms with Crippen LogP contribution >= 0.6 is 0 Å². The van der Waals surface area contributed by atoms with Crippen LogP contribution in [0.5, 0.6) is 0 Å². The zero-order valence-corrected chi connectivity index (χ0v) is 30.6. The second-order valence-electron chi connectivity index (χ2n) is 14.2. The minimum Gasteiger partial charge on any atom is -0.394 e. The summed E-state index contributed by atoms with van der Waals surface area (Å²) in [5.41, 5.74) is 3.89. The predicted molar refractivity (Wildman–Crippen MR) is 196 cm³/mol. The van der Waals surface area contributed by atoms with Gasteiger partial charge in [0.1, 0.15) is 48.8 Å². The molecule has 3 fully saturated rings. The molecule has 0 radical (unpaired) electrons. The Morgan fingerprint density at radius 1 is 0.537 bits per heavy atom. The van der Waals surface area contributed by atoms with E-state index in [9.17, 15) is 10.2 Å². The van der Waals surface area contributed by atoms with Gasteiger partial charge in [-0.3, -0.25) is 0 Å². The molecule has 3 aliphatic heterocycles. The average Bonchev–Trinajstić information content (AvgIpc) is 3.54. The molecule has 2 N–H and O–H groups in total. The van der Waals surface area contributed by atoms with Crippen molar-refractivity contribution in [1.29, 1.82) is 0 Å². The summed E-state index contributed by atoms with van der Waals surface area (Å²) in [6, 6.07) is 39.5. The van der Waals surface area contributed by atoms with E-state index in [2.05, 4.69) is 0 Å². The van der Waals surface area contributed by atoms with Crippen molar-refractivity contribution in [3.05, 3.63) is 144 Å². The van der Waals surface area contributed by atoms with Crippen LogP contribution in [0, 0.1) is 0 Å². The van der Waals surface area contributed by atoms with Gasteiger partial charge in [-0.2, -0.15) is 0 Å². The van der Waals surface area contributed by atoms with Gasteiger partial charge in [0.15, 0.2) is 18.4 Å². The lowest BCUT2D eigenvalue weighted by Crippen LogP contribution is -2.64. The van der Waals surface area contributed by atoms with Gasteiger partial charge in [0.2, 0.25) is 0 Å². The molecule has 0 aliphatic carbocycles. The summed E-state index contributed by atoms with van der Waals surface area (Å²) in [5.74, 6) is -0.995. The summed E-state index contributed by atoms with van der Waals surface area (Å²) in [5, 5.41) is 21.9. The molecule has 0 spiro atoms. The fourth-order valence-electron chi connectivity index (χ4n) is 7.10. The first-order valence-corrected chi connectivity index (χ1v) is 18.6. The Kier molecular flexibility index (Phi) is 13.2. The topological polar surface area (TPSA) is 124 Å². The number of ether oxygens (including phenoxy) is 9. The van der Waals surface area contributed by atoms with Crippen molar-refractivity contribution in [3.8, 4) is 0 Å². The molecule has 7 rings (SSSR count). The van der Waals surface area contributed by atoms with E-state index < -0.39 is 67.2 Å². The number of aliphatic hydroxyl groups is 2. The zero-order valence-electron chi connectivity index (χ0n) is 30.6. The monoisotopic (exact) mass is 742 g/mol. The molecule has 0 unspecified atom stereocenters. The van der Waals surface area contributed by atoms with Gasteiger partial charge < -0.3 is 52.8 Å². The standard InChI is InChI=1S/C43H50O11/c1-43(2)53-37-33(23-44)50-41(35(45)38(37)54-43)52-42-40(49-27-32-21-13-6-14-22-32)39(48-26-31-19-11-5-12-20-31)36(47-25-30-17-9-4-10-18-30)34(51-42)28-46-24-29-15-7-3-8-16-29/h3-22,33-42,44-45H,23-28H2,1-2H3/t33-,34-,35-,36-,37+,38-,39+,40+,41+,42-/m1/s1. The lowest BCUT2D eigenvalue weighted by atomic mass is 9.97. The molecule has 0 aromatic heterocycles. The van der Waals surface area contributed by atoms with Crippen LogP contribution in [0.3, 0.4) is 0 Å². The molecule has 4 aromatic carbocycles. The fourth-order valence-corrected chi connectivity index (χ4v) is 7.10. The quantitative estimate of drug-likeness (QED) is 0.156. The summed E-state index contributed by atoms with van der Waals surface area (Å²) < 4.78 is 58.1. The van der Waals surface area contributed by atoms with E-state index in [0.717, 1.165) is 22.3 Å². The lowest BCUT2D eigenvalue weighted by Gasteiger charge is -2.48. The summed E-state index contributed by atoms with van der Waals surface area (Å²) in [6.45, 7) is 4.36. The van der Waals surface area contributed by atoms with Gasteiger partial charge in [0.05, 0.1) is 39.6 Å². The predicted octanol–water partition coefficient (Wildman–Crippen LogP) is 5.30. The van der Waals surface area contributed by atoms with E-state index in [4.69, 9.17) is 42.6 Å². The highest BCUT2D eigenvalue weighted by atomic mass is 16.8. The molecule has 54 heavy (non-hydrogen) atoms. The number of aliphatic hydroxyl groups excluding tert-OH is 2. The van der Waals surface area contributed by atoms with Crippen molar-refractivity contribution in [3.63, 3.8) is 0 Å². The van der Waals surface area contributed by atoms with E-state index in [0.29, 0.717) is 6.61 Å². The maximum Gasteiger partial charge on any atom is 0.190 e. The first-order valence-electron chi connectivity index (χ1n) is 18.6. The van der Waals surface area contributed by atoms with Crippen LogP contribution in [0.15, 0.2) is 121 Å². The fraction of sp³-hybridized carbons (Fsp3) is 0.442. The van der Waals surface area contributed by atoms with Crippen LogP contribution in [-0.4, -0.2) is 90.6 Å². The molecule has 288 valence electrons. The largest absolute Gasteiger partial charge is 0.394 e. The summed E-state index contributed by atoms with van der Waals surface area (Å²) in [6.07, 6.45) is -9.02. The second-order valence-corrected chi connectivity index (χ2v) is 14.2. The van der Waals surface area contributed by atoms with E-state index in [-0.39, 0.29) is 33.0 Å². The number of hydrogen-bond donors (Lipinski definition) is 2. The van der Waals surface area contributed by atoms with Gasteiger partial charge in [-0.05, 0) is 36.1 Å². The van der Waals surface area contributed by atoms with Crippen molar-refractivity contribution in [2.75, 3.05) is 13.2 Å². The SMILES string of the molecule is CC1(C)O[C@@H]2[C@@H](O)[C@H](O[C@H]3O[C@H](COCc4ccccc4)[C@@H](OCc4ccccc4)[C@H](OCc4ccccc4)[C@@H]3OCc3ccccc3)O[C@H](CO)[C@@H]2O1. The minimum absolute atomic E-state index is 0.133. The zero-order chi connectivity index (χ0) is 37.3. The Morgan fingerprint density at radius 2 is 0.981 bits per heavy atom. The molecular formula is C43H50O11. The van der Waals surface area contributed by atoms with Gasteiger partial charge in [-0.15, -0.1) is 0 Å². The van der Waals surface area contributed by atoms with E-state index in [1.807, 2.05) is 121 Å². The molecule has 3 aliphatic rings. The Labute approximate surface area is 316 Å². The molecule has 0 saturated carbocycles. The highest BCUT2D eigenvalue weighted by molar-refractivity contribution is 5.16. The lowest BCUT2D eigenvalue weighted by molar-refractivity contribution is -0.382. The van der Waals surface area contributed by atoms with Crippen molar-refractivity contribution in [2.24, 2.45) is 0 Å². The molecule has 0 bridgehead atoms. The number of hydrogen-bond acceptors (Lipinski definition) is 11.